The van der Waals surface area contributed by atoms with Gasteiger partial charge >= 0.3 is 0 Å². The molecule has 3 rings (SSSR count). The van der Waals surface area contributed by atoms with Gasteiger partial charge in [0.25, 0.3) is 0 Å². The third kappa shape index (κ3) is 4.89. The van der Waals surface area contributed by atoms with Crippen molar-refractivity contribution in [2.75, 3.05) is 13.2 Å². The van der Waals surface area contributed by atoms with Crippen LogP contribution in [0.5, 0.6) is 5.75 Å². The fourth-order valence-corrected chi connectivity index (χ4v) is 3.81. The maximum atomic E-state index is 14.7. The Morgan fingerprint density at radius 3 is 2.81 bits per heavy atom. The van der Waals surface area contributed by atoms with Gasteiger partial charge in [-0.3, -0.25) is 0 Å². The lowest BCUT2D eigenvalue weighted by Crippen LogP contribution is -2.16. The molecule has 0 saturated carbocycles. The van der Waals surface area contributed by atoms with Gasteiger partial charge in [-0.05, 0) is 24.1 Å². The SMILES string of the molecule is C=C/C(=C\C=C/CCC)C(CN)c1cc2c(c(-c3cc(Cl)c(F)cc3F)n1)OCC2C. The van der Waals surface area contributed by atoms with E-state index in [9.17, 15) is 8.78 Å². The van der Waals surface area contributed by atoms with E-state index in [-0.39, 0.29) is 22.4 Å². The molecular formula is C25H27ClF2N2O. The molecular weight excluding hydrogens is 418 g/mol. The van der Waals surface area contributed by atoms with Crippen LogP contribution in [0.4, 0.5) is 8.78 Å². The quantitative estimate of drug-likeness (QED) is 0.364. The molecule has 1 aromatic heterocycles. The van der Waals surface area contributed by atoms with Gasteiger partial charge in [-0.25, -0.2) is 13.8 Å². The van der Waals surface area contributed by atoms with E-state index in [1.807, 2.05) is 25.1 Å². The summed E-state index contributed by atoms with van der Waals surface area (Å²) in [5, 5.41) is -0.175. The van der Waals surface area contributed by atoms with Crippen molar-refractivity contribution in [1.82, 2.24) is 4.98 Å². The summed E-state index contributed by atoms with van der Waals surface area (Å²) in [5.41, 5.74) is 9.05. The van der Waals surface area contributed by atoms with Gasteiger partial charge in [0.2, 0.25) is 0 Å². The number of hydrogen-bond acceptors (Lipinski definition) is 3. The zero-order valence-electron chi connectivity index (χ0n) is 17.8. The lowest BCUT2D eigenvalue weighted by Gasteiger charge is -2.19. The highest BCUT2D eigenvalue weighted by Crippen LogP contribution is 2.44. The summed E-state index contributed by atoms with van der Waals surface area (Å²) in [7, 11) is 0. The molecule has 2 heterocycles. The molecule has 0 bridgehead atoms. The van der Waals surface area contributed by atoms with Gasteiger partial charge in [-0.2, -0.15) is 0 Å². The lowest BCUT2D eigenvalue weighted by atomic mass is 9.91. The molecule has 2 unspecified atom stereocenters. The molecule has 2 N–H and O–H groups in total. The van der Waals surface area contributed by atoms with Gasteiger partial charge < -0.3 is 10.5 Å². The summed E-state index contributed by atoms with van der Waals surface area (Å²) in [6.45, 7) is 8.83. The first-order valence-corrected chi connectivity index (χ1v) is 10.8. The Bertz CT molecular complexity index is 1030. The largest absolute Gasteiger partial charge is 0.490 e. The van der Waals surface area contributed by atoms with Crippen LogP contribution in [-0.4, -0.2) is 18.1 Å². The van der Waals surface area contributed by atoms with Crippen LogP contribution in [0.1, 0.15) is 49.8 Å². The molecule has 1 aliphatic rings. The lowest BCUT2D eigenvalue weighted by molar-refractivity contribution is 0.337. The topological polar surface area (TPSA) is 48.1 Å². The Hall–Kier alpha value is -2.50. The van der Waals surface area contributed by atoms with Crippen LogP contribution in [0.15, 0.2) is 54.7 Å². The fraction of sp³-hybridized carbons (Fsp3) is 0.320. The van der Waals surface area contributed by atoms with Crippen LogP contribution < -0.4 is 10.5 Å². The minimum atomic E-state index is -0.819. The second-order valence-electron chi connectivity index (χ2n) is 7.65. The second kappa shape index (κ2) is 10.2. The number of nitrogens with two attached hydrogens (primary N) is 1. The zero-order chi connectivity index (χ0) is 22.5. The van der Waals surface area contributed by atoms with E-state index in [1.54, 1.807) is 6.08 Å². The minimum absolute atomic E-state index is 0.0985. The van der Waals surface area contributed by atoms with E-state index >= 15 is 0 Å². The minimum Gasteiger partial charge on any atom is -0.490 e. The van der Waals surface area contributed by atoms with Gasteiger partial charge in [-0.1, -0.05) is 62.8 Å². The van der Waals surface area contributed by atoms with Crippen LogP contribution >= 0.6 is 11.6 Å². The van der Waals surface area contributed by atoms with Crippen LogP contribution in [0.2, 0.25) is 5.02 Å². The number of pyridine rings is 1. The van der Waals surface area contributed by atoms with E-state index in [1.165, 1.54) is 6.07 Å². The molecule has 164 valence electrons. The highest BCUT2D eigenvalue weighted by atomic mass is 35.5. The normalized spacial score (nSPS) is 17.0. The molecule has 0 radical (unpaired) electrons. The summed E-state index contributed by atoms with van der Waals surface area (Å²) in [5.74, 6) is -1.20. The molecule has 6 heteroatoms. The standard InChI is InChI=1S/C25H27ClF2N2O/c1-4-6-7-8-9-16(5-2)19(13-29)23-11-17-15(3)14-31-25(17)24(30-23)18-10-20(26)22(28)12-21(18)27/h5,7-12,15,19H,2,4,6,13-14,29H2,1,3H3/b8-7-,16-9+. The van der Waals surface area contributed by atoms with Crippen molar-refractivity contribution in [1.29, 1.82) is 0 Å². The van der Waals surface area contributed by atoms with E-state index in [2.05, 4.69) is 19.6 Å². The Balaban J connectivity index is 2.16. The first kappa shape index (κ1) is 23.2. The smallest absolute Gasteiger partial charge is 0.149 e. The van der Waals surface area contributed by atoms with Crippen molar-refractivity contribution in [3.8, 4) is 17.0 Å². The zero-order valence-corrected chi connectivity index (χ0v) is 18.6. The predicted molar refractivity (Wildman–Crippen MR) is 123 cm³/mol. The summed E-state index contributed by atoms with van der Waals surface area (Å²) >= 11 is 5.94. The highest BCUT2D eigenvalue weighted by Gasteiger charge is 2.29. The van der Waals surface area contributed by atoms with Crippen LogP contribution in [-0.2, 0) is 0 Å². The molecule has 0 spiro atoms. The number of unbranched alkanes of at least 4 members (excludes halogenated alkanes) is 1. The van der Waals surface area contributed by atoms with Crippen LogP contribution in [0, 0.1) is 11.6 Å². The molecule has 1 aromatic carbocycles. The average molecular weight is 445 g/mol. The van der Waals surface area contributed by atoms with Gasteiger partial charge in [-0.15, -0.1) is 0 Å². The number of nitrogens with zero attached hydrogens (tertiary/aromatic N) is 1. The molecule has 0 amide bonds. The van der Waals surface area contributed by atoms with Crippen molar-refractivity contribution in [3.05, 3.63) is 82.6 Å². The maximum Gasteiger partial charge on any atom is 0.149 e. The molecule has 0 saturated heterocycles. The van der Waals surface area contributed by atoms with E-state index < -0.39 is 11.6 Å². The third-order valence-corrected chi connectivity index (χ3v) is 5.70. The highest BCUT2D eigenvalue weighted by molar-refractivity contribution is 6.31. The van der Waals surface area contributed by atoms with Gasteiger partial charge in [0.05, 0.1) is 17.3 Å². The van der Waals surface area contributed by atoms with E-state index in [0.29, 0.717) is 30.3 Å². The number of aromatic nitrogens is 1. The number of allylic oxidation sites excluding steroid dienone is 4. The van der Waals surface area contributed by atoms with Crippen molar-refractivity contribution < 1.29 is 13.5 Å². The maximum absolute atomic E-state index is 14.7. The molecule has 2 aromatic rings. The number of rotatable bonds is 8. The summed E-state index contributed by atoms with van der Waals surface area (Å²) < 4.78 is 34.3. The monoisotopic (exact) mass is 444 g/mol. The molecule has 2 atom stereocenters. The van der Waals surface area contributed by atoms with Crippen molar-refractivity contribution in [2.45, 2.75) is 38.5 Å². The summed E-state index contributed by atoms with van der Waals surface area (Å²) in [4.78, 5) is 4.73. The van der Waals surface area contributed by atoms with Crippen LogP contribution in [0.3, 0.4) is 0 Å². The summed E-state index contributed by atoms with van der Waals surface area (Å²) in [6, 6.07) is 3.98. The molecule has 1 aliphatic heterocycles. The van der Waals surface area contributed by atoms with Crippen molar-refractivity contribution in [2.24, 2.45) is 5.73 Å². The molecule has 3 nitrogen and oxygen atoms in total. The second-order valence-corrected chi connectivity index (χ2v) is 8.06. The first-order valence-electron chi connectivity index (χ1n) is 10.4. The number of hydrogen-bond donors (Lipinski definition) is 1. The third-order valence-electron chi connectivity index (χ3n) is 5.41. The van der Waals surface area contributed by atoms with Gasteiger partial charge in [0.1, 0.15) is 23.1 Å². The Morgan fingerprint density at radius 1 is 1.35 bits per heavy atom. The molecule has 31 heavy (non-hydrogen) atoms. The Kier molecular flexibility index (Phi) is 7.63. The predicted octanol–water partition coefficient (Wildman–Crippen LogP) is 6.69. The van der Waals surface area contributed by atoms with Crippen LogP contribution in [0.25, 0.3) is 11.3 Å². The number of halogens is 3. The summed E-state index contributed by atoms with van der Waals surface area (Å²) in [6.07, 6.45) is 9.86. The van der Waals surface area contributed by atoms with Crippen molar-refractivity contribution in [3.63, 3.8) is 0 Å². The fourth-order valence-electron chi connectivity index (χ4n) is 3.65. The van der Waals surface area contributed by atoms with Gasteiger partial charge in [0, 0.05) is 35.6 Å². The van der Waals surface area contributed by atoms with E-state index in [0.717, 1.165) is 30.0 Å². The van der Waals surface area contributed by atoms with Crippen molar-refractivity contribution >= 4 is 11.6 Å². The van der Waals surface area contributed by atoms with E-state index in [4.69, 9.17) is 27.1 Å². The average Bonchev–Trinajstić information content (AvgIpc) is 3.13. The molecule has 0 aliphatic carbocycles. The Morgan fingerprint density at radius 2 is 2.13 bits per heavy atom. The number of ether oxygens (including phenoxy) is 1. The number of benzene rings is 1. The van der Waals surface area contributed by atoms with Gasteiger partial charge in [0.15, 0.2) is 0 Å². The Labute approximate surface area is 187 Å². The molecule has 0 fully saturated rings. The first-order chi connectivity index (χ1) is 14.9. The number of fused-ring (bicyclic) bond motifs is 1.